The van der Waals surface area contributed by atoms with E-state index in [9.17, 15) is 4.79 Å². The number of nitrogens with zero attached hydrogens (tertiary/aromatic N) is 3. The van der Waals surface area contributed by atoms with E-state index in [1.807, 2.05) is 61.9 Å². The van der Waals surface area contributed by atoms with Gasteiger partial charge < -0.3 is 19.9 Å². The molecule has 25 heavy (non-hydrogen) atoms. The van der Waals surface area contributed by atoms with E-state index in [1.165, 1.54) is 0 Å². The van der Waals surface area contributed by atoms with E-state index in [-0.39, 0.29) is 5.91 Å². The standard InChI is InChI=1S/C19H32N4O2/c1-6-20-19(21-14-13-18(24)23(7-2)8-3)22(4)15-16-11-9-10-12-17(16)25-5/h9-12H,6-8,13-15H2,1-5H3,(H,20,21). The van der Waals surface area contributed by atoms with Crippen LogP contribution in [0.15, 0.2) is 29.3 Å². The Morgan fingerprint density at radius 3 is 2.48 bits per heavy atom. The second kappa shape index (κ2) is 11.3. The number of aliphatic imine (C=N–C) groups is 1. The molecule has 6 heteroatoms. The minimum Gasteiger partial charge on any atom is -0.496 e. The van der Waals surface area contributed by atoms with Gasteiger partial charge in [-0.25, -0.2) is 0 Å². The van der Waals surface area contributed by atoms with Gasteiger partial charge in [-0.05, 0) is 26.8 Å². The van der Waals surface area contributed by atoms with Crippen molar-refractivity contribution < 1.29 is 9.53 Å². The molecule has 0 radical (unpaired) electrons. The van der Waals surface area contributed by atoms with Crippen molar-refractivity contribution in [2.75, 3.05) is 40.3 Å². The Balaban J connectivity index is 2.72. The van der Waals surface area contributed by atoms with Crippen molar-refractivity contribution >= 4 is 11.9 Å². The molecule has 0 saturated carbocycles. The van der Waals surface area contributed by atoms with Gasteiger partial charge in [-0.2, -0.15) is 0 Å². The van der Waals surface area contributed by atoms with Crippen molar-refractivity contribution in [2.24, 2.45) is 4.99 Å². The molecule has 1 rings (SSSR count). The largest absolute Gasteiger partial charge is 0.496 e. The zero-order valence-electron chi connectivity index (χ0n) is 16.2. The SMILES string of the molecule is CCNC(=NCCC(=O)N(CC)CC)N(C)Cc1ccccc1OC. The van der Waals surface area contributed by atoms with Crippen molar-refractivity contribution in [2.45, 2.75) is 33.7 Å². The average molecular weight is 348 g/mol. The van der Waals surface area contributed by atoms with E-state index in [2.05, 4.69) is 10.3 Å². The van der Waals surface area contributed by atoms with Crippen LogP contribution in [0.5, 0.6) is 5.75 Å². The molecule has 1 N–H and O–H groups in total. The number of hydrogen-bond donors (Lipinski definition) is 1. The number of rotatable bonds is 9. The van der Waals surface area contributed by atoms with E-state index < -0.39 is 0 Å². The first kappa shape index (κ1) is 20.8. The molecule has 0 unspecified atom stereocenters. The van der Waals surface area contributed by atoms with Gasteiger partial charge in [0.15, 0.2) is 5.96 Å². The zero-order valence-corrected chi connectivity index (χ0v) is 16.2. The molecule has 0 fully saturated rings. The van der Waals surface area contributed by atoms with Gasteiger partial charge in [-0.1, -0.05) is 18.2 Å². The van der Waals surface area contributed by atoms with Crippen LogP contribution in [0.25, 0.3) is 0 Å². The van der Waals surface area contributed by atoms with Crippen LogP contribution >= 0.6 is 0 Å². The Bertz CT molecular complexity index is 556. The Labute approximate surface area is 151 Å². The Morgan fingerprint density at radius 2 is 1.88 bits per heavy atom. The van der Waals surface area contributed by atoms with E-state index in [4.69, 9.17) is 4.74 Å². The summed E-state index contributed by atoms with van der Waals surface area (Å²) >= 11 is 0. The summed E-state index contributed by atoms with van der Waals surface area (Å²) in [5.41, 5.74) is 1.09. The lowest BCUT2D eigenvalue weighted by Gasteiger charge is -2.23. The van der Waals surface area contributed by atoms with Gasteiger partial charge in [0.2, 0.25) is 5.91 Å². The van der Waals surface area contributed by atoms with Gasteiger partial charge in [0, 0.05) is 45.2 Å². The molecule has 0 aliphatic rings. The van der Waals surface area contributed by atoms with Crippen molar-refractivity contribution in [1.82, 2.24) is 15.1 Å². The van der Waals surface area contributed by atoms with Crippen LogP contribution < -0.4 is 10.1 Å². The summed E-state index contributed by atoms with van der Waals surface area (Å²) in [6, 6.07) is 7.96. The van der Waals surface area contributed by atoms with Gasteiger partial charge in [-0.3, -0.25) is 9.79 Å². The molecule has 0 saturated heterocycles. The lowest BCUT2D eigenvalue weighted by molar-refractivity contribution is -0.130. The minimum atomic E-state index is 0.150. The molecule has 0 aliphatic carbocycles. The molecule has 0 aliphatic heterocycles. The number of hydrogen-bond acceptors (Lipinski definition) is 3. The molecule has 1 amide bonds. The molecular formula is C19H32N4O2. The highest BCUT2D eigenvalue weighted by Gasteiger charge is 2.11. The van der Waals surface area contributed by atoms with E-state index in [0.29, 0.717) is 19.5 Å². The Kier molecular flexibility index (Phi) is 9.43. The maximum atomic E-state index is 12.1. The number of methoxy groups -OCH3 is 1. The van der Waals surface area contributed by atoms with Gasteiger partial charge in [-0.15, -0.1) is 0 Å². The lowest BCUT2D eigenvalue weighted by Crippen LogP contribution is -2.39. The predicted molar refractivity (Wildman–Crippen MR) is 103 cm³/mol. The monoisotopic (exact) mass is 348 g/mol. The number of carbonyl (C=O) groups excluding carboxylic acids is 1. The number of carbonyl (C=O) groups is 1. The number of benzene rings is 1. The third kappa shape index (κ3) is 6.64. The van der Waals surface area contributed by atoms with Crippen molar-refractivity contribution in [3.05, 3.63) is 29.8 Å². The first-order valence-corrected chi connectivity index (χ1v) is 8.96. The van der Waals surface area contributed by atoms with Crippen LogP contribution in [0.2, 0.25) is 0 Å². The summed E-state index contributed by atoms with van der Waals surface area (Å²) in [6.07, 6.45) is 0.430. The molecule has 0 aromatic heterocycles. The van der Waals surface area contributed by atoms with Crippen LogP contribution in [-0.2, 0) is 11.3 Å². The molecule has 0 bridgehead atoms. The fourth-order valence-electron chi connectivity index (χ4n) is 2.63. The van der Waals surface area contributed by atoms with Gasteiger partial charge in [0.25, 0.3) is 0 Å². The molecule has 140 valence electrons. The molecule has 0 spiro atoms. The van der Waals surface area contributed by atoms with Crippen LogP contribution in [0.3, 0.4) is 0 Å². The fraction of sp³-hybridized carbons (Fsp3) is 0.579. The molecule has 0 atom stereocenters. The summed E-state index contributed by atoms with van der Waals surface area (Å²) in [5.74, 6) is 1.81. The molecule has 0 heterocycles. The average Bonchev–Trinajstić information content (AvgIpc) is 2.62. The second-order valence-corrected chi connectivity index (χ2v) is 5.72. The molecule has 6 nitrogen and oxygen atoms in total. The predicted octanol–water partition coefficient (Wildman–Crippen LogP) is 2.35. The van der Waals surface area contributed by atoms with Gasteiger partial charge in [0.05, 0.1) is 13.7 Å². The summed E-state index contributed by atoms with van der Waals surface area (Å²) < 4.78 is 5.41. The van der Waals surface area contributed by atoms with Crippen LogP contribution in [-0.4, -0.2) is 62.0 Å². The number of guanidine groups is 1. The third-order valence-corrected chi connectivity index (χ3v) is 4.00. The highest BCUT2D eigenvalue weighted by Crippen LogP contribution is 2.18. The minimum absolute atomic E-state index is 0.150. The number of nitrogens with one attached hydrogen (secondary N) is 1. The topological polar surface area (TPSA) is 57.2 Å². The maximum absolute atomic E-state index is 12.1. The van der Waals surface area contributed by atoms with E-state index >= 15 is 0 Å². The maximum Gasteiger partial charge on any atom is 0.224 e. The molecule has 1 aromatic carbocycles. The van der Waals surface area contributed by atoms with Crippen molar-refractivity contribution in [3.63, 3.8) is 0 Å². The molecular weight excluding hydrogens is 316 g/mol. The van der Waals surface area contributed by atoms with Crippen molar-refractivity contribution in [1.29, 1.82) is 0 Å². The first-order chi connectivity index (χ1) is 12.1. The summed E-state index contributed by atoms with van der Waals surface area (Å²) in [4.78, 5) is 20.6. The smallest absolute Gasteiger partial charge is 0.224 e. The number of ether oxygens (including phenoxy) is 1. The normalized spacial score (nSPS) is 11.2. The van der Waals surface area contributed by atoms with Crippen molar-refractivity contribution in [3.8, 4) is 5.75 Å². The highest BCUT2D eigenvalue weighted by molar-refractivity contribution is 5.81. The second-order valence-electron chi connectivity index (χ2n) is 5.72. The number of amides is 1. The van der Waals surface area contributed by atoms with Crippen LogP contribution in [0.1, 0.15) is 32.8 Å². The Morgan fingerprint density at radius 1 is 1.20 bits per heavy atom. The summed E-state index contributed by atoms with van der Waals surface area (Å²) in [7, 11) is 3.66. The zero-order chi connectivity index (χ0) is 18.7. The third-order valence-electron chi connectivity index (χ3n) is 4.00. The quantitative estimate of drug-likeness (QED) is 0.550. The summed E-state index contributed by atoms with van der Waals surface area (Å²) in [5, 5.41) is 3.28. The van der Waals surface area contributed by atoms with Gasteiger partial charge in [0.1, 0.15) is 5.75 Å². The van der Waals surface area contributed by atoms with Crippen LogP contribution in [0.4, 0.5) is 0 Å². The van der Waals surface area contributed by atoms with Gasteiger partial charge >= 0.3 is 0 Å². The fourth-order valence-corrected chi connectivity index (χ4v) is 2.63. The molecule has 1 aromatic rings. The Hall–Kier alpha value is -2.24. The summed E-state index contributed by atoms with van der Waals surface area (Å²) in [6.45, 7) is 9.45. The number of para-hydroxylation sites is 1. The van der Waals surface area contributed by atoms with Crippen LogP contribution in [0, 0.1) is 0 Å². The lowest BCUT2D eigenvalue weighted by atomic mass is 10.2. The van der Waals surface area contributed by atoms with E-state index in [1.54, 1.807) is 7.11 Å². The van der Waals surface area contributed by atoms with E-state index in [0.717, 1.165) is 36.9 Å². The highest BCUT2D eigenvalue weighted by atomic mass is 16.5. The first-order valence-electron chi connectivity index (χ1n) is 8.96.